The van der Waals surface area contributed by atoms with E-state index in [-0.39, 0.29) is 65.3 Å². The number of hydrogen-bond donors (Lipinski definition) is 3. The third-order valence-corrected chi connectivity index (χ3v) is 7.02. The van der Waals surface area contributed by atoms with Crippen molar-refractivity contribution in [2.45, 2.75) is 44.8 Å². The van der Waals surface area contributed by atoms with Gasteiger partial charge in [-0.1, -0.05) is 6.08 Å². The molecule has 4 heterocycles. The molecule has 0 saturated carbocycles. The van der Waals surface area contributed by atoms with Crippen molar-refractivity contribution in [3.8, 4) is 17.0 Å². The number of carbonyl (C=O) groups excluding carboxylic acids is 3. The minimum absolute atomic E-state index is 0.0305. The number of alkyl halides is 3. The average Bonchev–Trinajstić information content (AvgIpc) is 3.43. The molecule has 2 aliphatic heterocycles. The van der Waals surface area contributed by atoms with Crippen LogP contribution in [0.5, 0.6) is 5.75 Å². The number of aromatic nitrogens is 3. The Morgan fingerprint density at radius 1 is 1.31 bits per heavy atom. The predicted molar refractivity (Wildman–Crippen MR) is 130 cm³/mol. The first kappa shape index (κ1) is 24.7. The van der Waals surface area contributed by atoms with Gasteiger partial charge in [0.25, 0.3) is 11.8 Å². The molecular formula is C25H22F3N7O4. The first-order valence-electron chi connectivity index (χ1n) is 12.1. The molecule has 1 saturated heterocycles. The number of hydrogen-bond acceptors (Lipinski definition) is 7. The van der Waals surface area contributed by atoms with Gasteiger partial charge < -0.3 is 26.0 Å². The molecular weight excluding hydrogens is 519 g/mol. The number of anilines is 1. The van der Waals surface area contributed by atoms with Crippen molar-refractivity contribution < 1.29 is 32.3 Å². The van der Waals surface area contributed by atoms with Gasteiger partial charge in [-0.05, 0) is 42.7 Å². The van der Waals surface area contributed by atoms with Gasteiger partial charge >= 0.3 is 6.36 Å². The normalized spacial score (nSPS) is 19.1. The van der Waals surface area contributed by atoms with Crippen LogP contribution in [0, 0.1) is 0 Å². The molecule has 2 aromatic heterocycles. The molecule has 0 unspecified atom stereocenters. The van der Waals surface area contributed by atoms with E-state index in [0.717, 1.165) is 18.1 Å². The fourth-order valence-corrected chi connectivity index (χ4v) is 5.00. The van der Waals surface area contributed by atoms with Crippen LogP contribution >= 0.6 is 0 Å². The highest BCUT2D eigenvalue weighted by Crippen LogP contribution is 2.40. The van der Waals surface area contributed by atoms with E-state index in [1.54, 1.807) is 6.07 Å². The van der Waals surface area contributed by atoms with Crippen LogP contribution in [0.2, 0.25) is 0 Å². The number of fused-ring (bicyclic) bond motifs is 2. The molecule has 11 nitrogen and oxygen atoms in total. The van der Waals surface area contributed by atoms with Crippen LogP contribution in [0.1, 0.15) is 46.0 Å². The summed E-state index contributed by atoms with van der Waals surface area (Å²) in [6.45, 7) is 2.21. The molecule has 1 fully saturated rings. The summed E-state index contributed by atoms with van der Waals surface area (Å²) >= 11 is 0. The molecule has 1 aliphatic carbocycles. The van der Waals surface area contributed by atoms with E-state index >= 15 is 0 Å². The summed E-state index contributed by atoms with van der Waals surface area (Å²) in [5.41, 5.74) is 7.78. The van der Waals surface area contributed by atoms with Crippen molar-refractivity contribution >= 4 is 29.2 Å². The second-order valence-corrected chi connectivity index (χ2v) is 9.67. The minimum Gasteiger partial charge on any atom is -0.405 e. The Labute approximate surface area is 218 Å². The number of nitrogen functional groups attached to an aromatic ring is 1. The van der Waals surface area contributed by atoms with Crippen LogP contribution in [-0.4, -0.2) is 62.2 Å². The number of nitrogens with one attached hydrogen (secondary N) is 2. The second kappa shape index (κ2) is 8.71. The monoisotopic (exact) mass is 541 g/mol. The zero-order valence-corrected chi connectivity index (χ0v) is 20.5. The Morgan fingerprint density at radius 2 is 2.08 bits per heavy atom. The van der Waals surface area contributed by atoms with Crippen molar-refractivity contribution in [1.82, 2.24) is 30.1 Å². The summed E-state index contributed by atoms with van der Waals surface area (Å²) in [5, 5.41) is 9.44. The van der Waals surface area contributed by atoms with Gasteiger partial charge in [-0.2, -0.15) is 0 Å². The van der Waals surface area contributed by atoms with Crippen molar-refractivity contribution in [2.24, 2.45) is 0 Å². The van der Waals surface area contributed by atoms with Crippen molar-refractivity contribution in [3.63, 3.8) is 0 Å². The Morgan fingerprint density at radius 3 is 2.74 bits per heavy atom. The van der Waals surface area contributed by atoms with Crippen molar-refractivity contribution in [1.29, 1.82) is 0 Å². The molecule has 6 rings (SSSR count). The Balaban J connectivity index is 1.39. The van der Waals surface area contributed by atoms with Gasteiger partial charge in [0.1, 0.15) is 11.3 Å². The molecule has 1 aromatic carbocycles. The van der Waals surface area contributed by atoms with E-state index < -0.39 is 30.0 Å². The van der Waals surface area contributed by atoms with E-state index in [9.17, 15) is 27.6 Å². The number of nitrogens with two attached hydrogens (primary N) is 1. The third kappa shape index (κ3) is 4.51. The minimum atomic E-state index is -5.02. The third-order valence-electron chi connectivity index (χ3n) is 7.02. The fourth-order valence-electron chi connectivity index (χ4n) is 5.00. The molecule has 3 aliphatic rings. The number of rotatable bonds is 6. The second-order valence-electron chi connectivity index (χ2n) is 9.67. The average molecular weight is 541 g/mol. The van der Waals surface area contributed by atoms with Crippen LogP contribution < -0.4 is 21.1 Å². The molecule has 3 amide bonds. The molecule has 3 aromatic rings. The smallest absolute Gasteiger partial charge is 0.405 e. The summed E-state index contributed by atoms with van der Waals surface area (Å²) in [7, 11) is 0. The molecule has 2 atom stereocenters. The van der Waals surface area contributed by atoms with Crippen LogP contribution in [0.25, 0.3) is 16.9 Å². The largest absolute Gasteiger partial charge is 0.573 e. The maximum atomic E-state index is 13.3. The van der Waals surface area contributed by atoms with Crippen LogP contribution in [-0.2, 0) is 11.3 Å². The summed E-state index contributed by atoms with van der Waals surface area (Å²) in [4.78, 5) is 43.6. The maximum absolute atomic E-state index is 13.3. The summed E-state index contributed by atoms with van der Waals surface area (Å²) in [6, 6.07) is 3.53. The molecule has 4 N–H and O–H groups in total. The maximum Gasteiger partial charge on any atom is 0.573 e. The highest BCUT2D eigenvalue weighted by atomic mass is 19.4. The predicted octanol–water partition coefficient (Wildman–Crippen LogP) is 2.17. The van der Waals surface area contributed by atoms with E-state index in [1.165, 1.54) is 21.7 Å². The molecule has 0 radical (unpaired) electrons. The Bertz CT molecular complexity index is 1600. The number of halogens is 3. The van der Waals surface area contributed by atoms with E-state index in [0.29, 0.717) is 5.56 Å². The summed E-state index contributed by atoms with van der Waals surface area (Å²) < 4.78 is 45.6. The topological polar surface area (TPSA) is 144 Å². The zero-order valence-electron chi connectivity index (χ0n) is 20.5. The highest BCUT2D eigenvalue weighted by Gasteiger charge is 2.40. The number of benzene rings is 1. The first-order valence-corrected chi connectivity index (χ1v) is 12.1. The summed E-state index contributed by atoms with van der Waals surface area (Å²) in [6.07, 6.45) is -0.705. The number of amides is 3. The molecule has 0 spiro atoms. The molecule has 39 heavy (non-hydrogen) atoms. The van der Waals surface area contributed by atoms with E-state index in [2.05, 4.69) is 25.5 Å². The van der Waals surface area contributed by atoms with Gasteiger partial charge in [0.2, 0.25) is 5.91 Å². The van der Waals surface area contributed by atoms with Gasteiger partial charge in [-0.25, -0.2) is 9.50 Å². The lowest BCUT2D eigenvalue weighted by molar-refractivity contribution is -0.274. The Kier molecular flexibility index (Phi) is 5.52. The van der Waals surface area contributed by atoms with E-state index in [4.69, 9.17) is 5.73 Å². The fraction of sp³-hybridized carbons (Fsp3) is 0.320. The van der Waals surface area contributed by atoms with Crippen molar-refractivity contribution in [2.75, 3.05) is 12.3 Å². The molecule has 202 valence electrons. The number of nitrogens with zero attached hydrogens (tertiary/aromatic N) is 4. The van der Waals surface area contributed by atoms with Crippen LogP contribution in [0.4, 0.5) is 19.0 Å². The Hall–Kier alpha value is -4.62. The van der Waals surface area contributed by atoms with Gasteiger partial charge in [0, 0.05) is 31.3 Å². The lowest BCUT2D eigenvalue weighted by atomic mass is 10.0. The van der Waals surface area contributed by atoms with Gasteiger partial charge in [-0.15, -0.1) is 18.3 Å². The lowest BCUT2D eigenvalue weighted by Gasteiger charge is -2.22. The van der Waals surface area contributed by atoms with Crippen LogP contribution in [0.3, 0.4) is 0 Å². The number of ether oxygens (including phenoxy) is 1. The van der Waals surface area contributed by atoms with E-state index in [1.807, 2.05) is 13.0 Å². The standard InChI is InChI=1S/C25H22F3N7O4/c1-11(12-2-3-12)34-10-14-6-13(7-17(19(14)24(34)38)39-25(26,27)28)16-4-5-35-22(32-16)20(21(29)33-35)23(37)31-15-8-18(36)30-9-15/h2,4-7,11,15H,3,8-10H2,1H3,(H2,29,33)(H,30,36)(H,31,37)/t11-,15+/m0/s1. The number of carbonyl (C=O) groups is 3. The van der Waals surface area contributed by atoms with Crippen LogP contribution in [0.15, 0.2) is 36.0 Å². The van der Waals surface area contributed by atoms with Crippen molar-refractivity contribution in [3.05, 3.63) is 52.7 Å². The zero-order chi connectivity index (χ0) is 27.6. The number of allylic oxidation sites excluding steroid dienone is 1. The quantitative estimate of drug-likeness (QED) is 0.406. The SMILES string of the molecule is C[C@@H](C1=CC1)N1Cc2cc(-c3ccn4nc(N)c(C(=O)N[C@H]5CNC(=O)C5)c4n3)cc(OC(F)(F)F)c2C1=O. The first-order chi connectivity index (χ1) is 18.5. The highest BCUT2D eigenvalue weighted by molar-refractivity contribution is 6.05. The van der Waals surface area contributed by atoms with Gasteiger partial charge in [0.15, 0.2) is 11.5 Å². The van der Waals surface area contributed by atoms with Gasteiger partial charge in [0.05, 0.1) is 23.3 Å². The van der Waals surface area contributed by atoms with Gasteiger partial charge in [-0.3, -0.25) is 14.4 Å². The molecule has 0 bridgehead atoms. The summed E-state index contributed by atoms with van der Waals surface area (Å²) in [5.74, 6) is -2.04. The molecule has 14 heteroatoms. The lowest BCUT2D eigenvalue weighted by Crippen LogP contribution is -2.36.